The molecule has 0 bridgehead atoms. The number of nitrogens with zero attached hydrogens (tertiary/aromatic N) is 3. The average molecular weight is 479 g/mol. The fraction of sp³-hybridized carbons (Fsp3) is 0.192. The van der Waals surface area contributed by atoms with Crippen LogP contribution >= 0.6 is 0 Å². The number of aromatic nitrogens is 2. The Hall–Kier alpha value is -3.98. The summed E-state index contributed by atoms with van der Waals surface area (Å²) in [5.41, 5.74) is 2.71. The minimum Gasteiger partial charge on any atom is -0.481 e. The number of alkyl halides is 3. The van der Waals surface area contributed by atoms with Crippen molar-refractivity contribution in [3.63, 3.8) is 0 Å². The summed E-state index contributed by atoms with van der Waals surface area (Å²) in [5.74, 6) is -0.647. The van der Waals surface area contributed by atoms with E-state index in [1.54, 1.807) is 30.3 Å². The van der Waals surface area contributed by atoms with E-state index < -0.39 is 17.7 Å². The number of fused-ring (bicyclic) bond motifs is 1. The van der Waals surface area contributed by atoms with Crippen LogP contribution in [0.1, 0.15) is 23.1 Å². The Labute approximate surface area is 198 Å². The third-order valence-corrected chi connectivity index (χ3v) is 5.96. The van der Waals surface area contributed by atoms with E-state index >= 15 is 0 Å². The highest BCUT2D eigenvalue weighted by molar-refractivity contribution is 5.72. The van der Waals surface area contributed by atoms with Gasteiger partial charge in [0.25, 0.3) is 0 Å². The Kier molecular flexibility index (Phi) is 5.86. The van der Waals surface area contributed by atoms with E-state index in [0.717, 1.165) is 17.2 Å². The molecule has 0 aliphatic carbocycles. The van der Waals surface area contributed by atoms with Gasteiger partial charge in [-0.25, -0.2) is 0 Å². The van der Waals surface area contributed by atoms with Crippen molar-refractivity contribution in [1.29, 1.82) is 0 Å². The molecule has 0 atom stereocenters. The molecular formula is C26H20F3N3O3. The number of aliphatic carboxylic acids is 1. The van der Waals surface area contributed by atoms with Gasteiger partial charge in [-0.15, -0.1) is 10.2 Å². The molecule has 0 radical (unpaired) electrons. The first-order valence-corrected chi connectivity index (χ1v) is 10.9. The van der Waals surface area contributed by atoms with Crippen molar-refractivity contribution in [2.75, 3.05) is 6.54 Å². The predicted octanol–water partition coefficient (Wildman–Crippen LogP) is 5.88. The van der Waals surface area contributed by atoms with Crippen LogP contribution in [0.15, 0.2) is 71.1 Å². The largest absolute Gasteiger partial charge is 0.481 e. The van der Waals surface area contributed by atoms with Gasteiger partial charge in [-0.1, -0.05) is 42.5 Å². The minimum atomic E-state index is -4.56. The first-order chi connectivity index (χ1) is 16.8. The van der Waals surface area contributed by atoms with Gasteiger partial charge in [0.05, 0.1) is 12.0 Å². The second kappa shape index (κ2) is 8.99. The normalized spacial score (nSPS) is 13.7. The van der Waals surface area contributed by atoms with Gasteiger partial charge >= 0.3 is 12.1 Å². The maximum atomic E-state index is 13.9. The monoisotopic (exact) mass is 479 g/mol. The van der Waals surface area contributed by atoms with Crippen LogP contribution in [0, 0.1) is 0 Å². The second-order valence-electron chi connectivity index (χ2n) is 8.37. The Balaban J connectivity index is 1.42. The molecule has 0 spiro atoms. The molecule has 6 nitrogen and oxygen atoms in total. The summed E-state index contributed by atoms with van der Waals surface area (Å²) in [6, 6.07) is 18.0. The lowest BCUT2D eigenvalue weighted by Gasteiger charge is -2.14. The van der Waals surface area contributed by atoms with Crippen molar-refractivity contribution in [1.82, 2.24) is 15.1 Å². The summed E-state index contributed by atoms with van der Waals surface area (Å²) >= 11 is 0. The van der Waals surface area contributed by atoms with E-state index in [9.17, 15) is 18.0 Å². The molecule has 4 aromatic rings. The van der Waals surface area contributed by atoms with E-state index in [1.165, 1.54) is 12.1 Å². The predicted molar refractivity (Wildman–Crippen MR) is 122 cm³/mol. The minimum absolute atomic E-state index is 0.00584. The van der Waals surface area contributed by atoms with Crippen LogP contribution in [0.3, 0.4) is 0 Å². The van der Waals surface area contributed by atoms with Gasteiger partial charge < -0.3 is 9.52 Å². The number of halogens is 3. The smallest absolute Gasteiger partial charge is 0.417 e. The van der Waals surface area contributed by atoms with Crippen molar-refractivity contribution in [3.8, 4) is 34.0 Å². The Bertz CT molecular complexity index is 1380. The molecule has 0 fully saturated rings. The number of carbonyl (C=O) groups is 1. The van der Waals surface area contributed by atoms with Gasteiger partial charge in [0.15, 0.2) is 0 Å². The lowest BCUT2D eigenvalue weighted by atomic mass is 9.97. The number of rotatable bonds is 6. The molecule has 1 aromatic heterocycles. The van der Waals surface area contributed by atoms with Gasteiger partial charge in [-0.05, 0) is 46.5 Å². The molecule has 1 aliphatic heterocycles. The molecule has 35 heavy (non-hydrogen) atoms. The zero-order valence-electron chi connectivity index (χ0n) is 18.4. The standard InChI is InChI=1S/C26H20F3N3O3/c27-26(28,29)22-13-18(8-9-21(22)16-4-2-1-3-5-16)25-31-30-24(35-25)17-6-7-19-14-32(11-10-23(33)34)15-20(19)12-17/h1-9,12-13H,10-11,14-15H2,(H,33,34). The zero-order valence-corrected chi connectivity index (χ0v) is 18.4. The van der Waals surface area contributed by atoms with Crippen molar-refractivity contribution < 1.29 is 27.5 Å². The van der Waals surface area contributed by atoms with Crippen molar-refractivity contribution in [2.24, 2.45) is 0 Å². The summed E-state index contributed by atoms with van der Waals surface area (Å²) in [4.78, 5) is 12.9. The van der Waals surface area contributed by atoms with Crippen molar-refractivity contribution in [2.45, 2.75) is 25.7 Å². The Morgan fingerprint density at radius 3 is 2.23 bits per heavy atom. The molecular weight excluding hydrogens is 459 g/mol. The third kappa shape index (κ3) is 4.81. The topological polar surface area (TPSA) is 79.5 Å². The highest BCUT2D eigenvalue weighted by Gasteiger charge is 2.34. The van der Waals surface area contributed by atoms with Gasteiger partial charge in [-0.2, -0.15) is 13.2 Å². The first-order valence-electron chi connectivity index (χ1n) is 10.9. The molecule has 5 rings (SSSR count). The highest BCUT2D eigenvalue weighted by Crippen LogP contribution is 2.39. The van der Waals surface area contributed by atoms with Crippen LogP contribution in [0.25, 0.3) is 34.0 Å². The first kappa shape index (κ1) is 22.8. The van der Waals surface area contributed by atoms with E-state index in [2.05, 4.69) is 10.2 Å². The van der Waals surface area contributed by atoms with Crippen LogP contribution < -0.4 is 0 Å². The molecule has 0 saturated heterocycles. The number of hydrogen-bond donors (Lipinski definition) is 1. The third-order valence-electron chi connectivity index (χ3n) is 5.96. The molecule has 178 valence electrons. The summed E-state index contributed by atoms with van der Waals surface area (Å²) in [6.45, 7) is 1.71. The second-order valence-corrected chi connectivity index (χ2v) is 8.37. The van der Waals surface area contributed by atoms with E-state index in [4.69, 9.17) is 9.52 Å². The average Bonchev–Trinajstić information content (AvgIpc) is 3.49. The van der Waals surface area contributed by atoms with E-state index in [1.807, 2.05) is 23.1 Å². The lowest BCUT2D eigenvalue weighted by molar-refractivity contribution is -0.138. The van der Waals surface area contributed by atoms with E-state index in [-0.39, 0.29) is 29.3 Å². The molecule has 1 N–H and O–H groups in total. The summed E-state index contributed by atoms with van der Waals surface area (Å²) in [5, 5.41) is 16.9. The molecule has 2 heterocycles. The Morgan fingerprint density at radius 1 is 0.886 bits per heavy atom. The van der Waals surface area contributed by atoms with Gasteiger partial charge in [-0.3, -0.25) is 9.69 Å². The SMILES string of the molecule is O=C(O)CCN1Cc2ccc(-c3nnc(-c4ccc(-c5ccccc5)c(C(F)(F)F)c4)o3)cc2C1. The van der Waals surface area contributed by atoms with Crippen molar-refractivity contribution in [3.05, 3.63) is 83.4 Å². The van der Waals surface area contributed by atoms with Crippen LogP contribution in [0.4, 0.5) is 13.2 Å². The van der Waals surface area contributed by atoms with Crippen LogP contribution in [0.2, 0.25) is 0 Å². The summed E-state index contributed by atoms with van der Waals surface area (Å²) < 4.78 is 47.3. The van der Waals surface area contributed by atoms with Gasteiger partial charge in [0.2, 0.25) is 11.8 Å². The number of hydrogen-bond acceptors (Lipinski definition) is 5. The molecule has 1 aliphatic rings. The number of benzene rings is 3. The summed E-state index contributed by atoms with van der Waals surface area (Å²) in [7, 11) is 0. The van der Waals surface area contributed by atoms with Gasteiger partial charge in [0, 0.05) is 30.8 Å². The lowest BCUT2D eigenvalue weighted by Crippen LogP contribution is -2.20. The Morgan fingerprint density at radius 2 is 1.54 bits per heavy atom. The summed E-state index contributed by atoms with van der Waals surface area (Å²) in [6.07, 6.45) is -4.49. The fourth-order valence-electron chi connectivity index (χ4n) is 4.25. The quantitative estimate of drug-likeness (QED) is 0.372. The van der Waals surface area contributed by atoms with Crippen LogP contribution in [0.5, 0.6) is 0 Å². The molecule has 3 aromatic carbocycles. The number of carboxylic acid groups (broad SMARTS) is 1. The van der Waals surface area contributed by atoms with E-state index in [0.29, 0.717) is 30.8 Å². The molecule has 9 heteroatoms. The van der Waals surface area contributed by atoms with Gasteiger partial charge in [0.1, 0.15) is 0 Å². The number of carboxylic acids is 1. The van der Waals surface area contributed by atoms with Crippen LogP contribution in [-0.2, 0) is 24.1 Å². The van der Waals surface area contributed by atoms with Crippen LogP contribution in [-0.4, -0.2) is 32.7 Å². The zero-order chi connectivity index (χ0) is 24.6. The molecule has 0 saturated carbocycles. The van der Waals surface area contributed by atoms with Crippen molar-refractivity contribution >= 4 is 5.97 Å². The molecule has 0 amide bonds. The maximum Gasteiger partial charge on any atom is 0.417 e. The molecule has 0 unspecified atom stereocenters. The highest BCUT2D eigenvalue weighted by atomic mass is 19.4. The fourth-order valence-corrected chi connectivity index (χ4v) is 4.25. The maximum absolute atomic E-state index is 13.9.